The summed E-state index contributed by atoms with van der Waals surface area (Å²) in [5.41, 5.74) is 11.2. The minimum absolute atomic E-state index is 0.0109. The molecule has 186 valence electrons. The Labute approximate surface area is 212 Å². The van der Waals surface area contributed by atoms with Gasteiger partial charge in [-0.3, -0.25) is 9.10 Å². The van der Waals surface area contributed by atoms with E-state index >= 15 is 0 Å². The summed E-state index contributed by atoms with van der Waals surface area (Å²) in [7, 11) is 0. The maximum Gasteiger partial charge on any atom is 0.250 e. The smallest absolute Gasteiger partial charge is 0.250 e. The molecule has 0 bridgehead atoms. The SMILES string of the molecule is NC(=O)c1cc(-c2cccc(CO)c2)cc2c(C3CCN(SCCCN4CCCC4)CC3)c[nH]c12. The molecule has 0 spiro atoms. The molecule has 6 nitrogen and oxygen atoms in total. The molecule has 2 aromatic carbocycles. The molecule has 0 saturated carbocycles. The molecule has 2 aliphatic heterocycles. The van der Waals surface area contributed by atoms with Gasteiger partial charge in [-0.2, -0.15) is 0 Å². The number of rotatable bonds is 9. The topological polar surface area (TPSA) is 85.6 Å². The third-order valence-corrected chi connectivity index (χ3v) is 8.72. The highest BCUT2D eigenvalue weighted by atomic mass is 32.2. The Morgan fingerprint density at radius 2 is 1.89 bits per heavy atom. The zero-order valence-electron chi connectivity index (χ0n) is 20.3. The lowest BCUT2D eigenvalue weighted by atomic mass is 9.88. The number of nitrogens with two attached hydrogens (primary N) is 1. The third-order valence-electron chi connectivity index (χ3n) is 7.51. The van der Waals surface area contributed by atoms with Crippen LogP contribution in [-0.4, -0.2) is 63.7 Å². The number of aromatic amines is 1. The fourth-order valence-electron chi connectivity index (χ4n) is 5.58. The number of likely N-dealkylation sites (tertiary alicyclic amines) is 1. The molecule has 7 heteroatoms. The Morgan fingerprint density at radius 1 is 1.09 bits per heavy atom. The van der Waals surface area contributed by atoms with Gasteiger partial charge >= 0.3 is 0 Å². The maximum absolute atomic E-state index is 12.3. The Morgan fingerprint density at radius 3 is 2.63 bits per heavy atom. The van der Waals surface area contributed by atoms with Gasteiger partial charge < -0.3 is 20.7 Å². The summed E-state index contributed by atoms with van der Waals surface area (Å²) in [6, 6.07) is 11.9. The van der Waals surface area contributed by atoms with Crippen LogP contribution in [0.25, 0.3) is 22.0 Å². The van der Waals surface area contributed by atoms with Gasteiger partial charge in [0.05, 0.1) is 17.7 Å². The molecule has 1 aromatic heterocycles. The number of piperidine rings is 1. The van der Waals surface area contributed by atoms with Gasteiger partial charge in [0.2, 0.25) is 0 Å². The van der Waals surface area contributed by atoms with Crippen LogP contribution in [0, 0.1) is 0 Å². The van der Waals surface area contributed by atoms with Crippen molar-refractivity contribution in [3.8, 4) is 11.1 Å². The van der Waals surface area contributed by atoms with E-state index in [1.165, 1.54) is 50.2 Å². The number of H-pyrrole nitrogens is 1. The molecule has 2 saturated heterocycles. The summed E-state index contributed by atoms with van der Waals surface area (Å²) in [6.45, 7) is 5.98. The average molecular weight is 493 g/mol. The van der Waals surface area contributed by atoms with Crippen molar-refractivity contribution in [1.29, 1.82) is 0 Å². The molecular weight excluding hydrogens is 456 g/mol. The van der Waals surface area contributed by atoms with Crippen LogP contribution in [0.5, 0.6) is 0 Å². The second-order valence-electron chi connectivity index (χ2n) is 9.85. The summed E-state index contributed by atoms with van der Waals surface area (Å²) in [6.07, 6.45) is 8.31. The first kappa shape index (κ1) is 24.4. The van der Waals surface area contributed by atoms with Crippen LogP contribution in [0.4, 0.5) is 0 Å². The minimum atomic E-state index is -0.427. The number of fused-ring (bicyclic) bond motifs is 1. The predicted molar refractivity (Wildman–Crippen MR) is 144 cm³/mol. The number of aliphatic hydroxyl groups is 1. The quantitative estimate of drug-likeness (QED) is 0.297. The Hall–Kier alpha value is -2.32. The second kappa shape index (κ2) is 11.2. The number of carbonyl (C=O) groups excluding carboxylic acids is 1. The van der Waals surface area contributed by atoms with Crippen molar-refractivity contribution in [2.75, 3.05) is 38.5 Å². The summed E-state index contributed by atoms with van der Waals surface area (Å²) in [5, 5.41) is 10.6. The summed E-state index contributed by atoms with van der Waals surface area (Å²) in [4.78, 5) is 18.3. The fourth-order valence-corrected chi connectivity index (χ4v) is 6.57. The molecule has 0 radical (unpaired) electrons. The standard InChI is InChI=1S/C28H36N4O2S/c29-28(34)25-17-23(22-6-3-5-20(15-22)19-33)16-24-26(18-30-27(24)25)21-7-12-32(13-8-21)35-14-4-11-31-9-1-2-10-31/h3,5-6,15-18,21,30,33H,1-2,4,7-14,19H2,(H2,29,34). The number of nitrogens with zero attached hydrogens (tertiary/aromatic N) is 2. The molecule has 3 aromatic rings. The lowest BCUT2D eigenvalue weighted by molar-refractivity contribution is 0.100. The minimum Gasteiger partial charge on any atom is -0.392 e. The van der Waals surface area contributed by atoms with Gasteiger partial charge in [-0.25, -0.2) is 0 Å². The average Bonchev–Trinajstić information content (AvgIpc) is 3.56. The Balaban J connectivity index is 1.29. The molecule has 5 rings (SSSR count). The number of primary amides is 1. The van der Waals surface area contributed by atoms with E-state index in [4.69, 9.17) is 5.73 Å². The lowest BCUT2D eigenvalue weighted by Gasteiger charge is -2.31. The van der Waals surface area contributed by atoms with E-state index in [-0.39, 0.29) is 6.61 Å². The van der Waals surface area contributed by atoms with Crippen LogP contribution in [0.2, 0.25) is 0 Å². The zero-order valence-corrected chi connectivity index (χ0v) is 21.2. The van der Waals surface area contributed by atoms with Gasteiger partial charge in [0.15, 0.2) is 0 Å². The first-order valence-electron chi connectivity index (χ1n) is 12.9. The van der Waals surface area contributed by atoms with Crippen LogP contribution in [0.15, 0.2) is 42.6 Å². The van der Waals surface area contributed by atoms with Crippen molar-refractivity contribution in [2.45, 2.75) is 44.6 Å². The predicted octanol–water partition coefficient (Wildman–Crippen LogP) is 4.74. The fraction of sp³-hybridized carbons (Fsp3) is 0.464. The molecular formula is C28H36N4O2S. The highest BCUT2D eigenvalue weighted by Gasteiger charge is 2.25. The van der Waals surface area contributed by atoms with Crippen molar-refractivity contribution in [2.24, 2.45) is 5.73 Å². The number of aliphatic hydroxyl groups excluding tert-OH is 1. The normalized spacial score (nSPS) is 18.0. The lowest BCUT2D eigenvalue weighted by Crippen LogP contribution is -2.28. The Kier molecular flexibility index (Phi) is 7.78. The molecule has 0 unspecified atom stereocenters. The van der Waals surface area contributed by atoms with Gasteiger partial charge in [-0.1, -0.05) is 30.1 Å². The van der Waals surface area contributed by atoms with Crippen molar-refractivity contribution in [3.05, 3.63) is 59.3 Å². The van der Waals surface area contributed by atoms with Crippen LogP contribution in [0.3, 0.4) is 0 Å². The zero-order chi connectivity index (χ0) is 24.2. The second-order valence-corrected chi connectivity index (χ2v) is 11.0. The largest absolute Gasteiger partial charge is 0.392 e. The molecule has 35 heavy (non-hydrogen) atoms. The van der Waals surface area contributed by atoms with Gasteiger partial charge in [-0.05, 0) is 98.1 Å². The van der Waals surface area contributed by atoms with E-state index in [0.29, 0.717) is 11.5 Å². The van der Waals surface area contributed by atoms with Crippen molar-refractivity contribution < 1.29 is 9.90 Å². The van der Waals surface area contributed by atoms with Gasteiger partial charge in [0, 0.05) is 30.4 Å². The number of carbonyl (C=O) groups is 1. The molecule has 0 aliphatic carbocycles. The van der Waals surface area contributed by atoms with Crippen LogP contribution in [0.1, 0.15) is 59.5 Å². The van der Waals surface area contributed by atoms with E-state index in [1.807, 2.05) is 42.3 Å². The maximum atomic E-state index is 12.3. The summed E-state index contributed by atoms with van der Waals surface area (Å²) in [5.74, 6) is 1.24. The highest BCUT2D eigenvalue weighted by Crippen LogP contribution is 2.38. The van der Waals surface area contributed by atoms with Crippen LogP contribution < -0.4 is 5.73 Å². The highest BCUT2D eigenvalue weighted by molar-refractivity contribution is 7.97. The summed E-state index contributed by atoms with van der Waals surface area (Å²) < 4.78 is 2.54. The van der Waals surface area contributed by atoms with Gasteiger partial charge in [0.1, 0.15) is 0 Å². The van der Waals surface area contributed by atoms with Crippen LogP contribution in [-0.2, 0) is 6.61 Å². The van der Waals surface area contributed by atoms with Gasteiger partial charge in [0.25, 0.3) is 5.91 Å². The van der Waals surface area contributed by atoms with E-state index in [1.54, 1.807) is 0 Å². The number of nitrogens with one attached hydrogen (secondary N) is 1. The summed E-state index contributed by atoms with van der Waals surface area (Å²) >= 11 is 2.01. The molecule has 1 amide bonds. The molecule has 4 N–H and O–H groups in total. The molecule has 2 fully saturated rings. The third kappa shape index (κ3) is 5.59. The number of hydrogen-bond donors (Lipinski definition) is 3. The van der Waals surface area contributed by atoms with Gasteiger partial charge in [-0.15, -0.1) is 0 Å². The number of hydrogen-bond acceptors (Lipinski definition) is 5. The van der Waals surface area contributed by atoms with Crippen molar-refractivity contribution >= 4 is 28.8 Å². The van der Waals surface area contributed by atoms with E-state index < -0.39 is 5.91 Å². The number of benzene rings is 2. The number of aromatic nitrogens is 1. The van der Waals surface area contributed by atoms with E-state index in [9.17, 15) is 9.90 Å². The molecule has 2 aliphatic rings. The molecule has 3 heterocycles. The van der Waals surface area contributed by atoms with E-state index in [0.717, 1.165) is 53.5 Å². The van der Waals surface area contributed by atoms with Crippen molar-refractivity contribution in [3.63, 3.8) is 0 Å². The van der Waals surface area contributed by atoms with E-state index in [2.05, 4.69) is 26.5 Å². The Bertz CT molecular complexity index is 1160. The van der Waals surface area contributed by atoms with Crippen LogP contribution >= 0.6 is 11.9 Å². The first-order valence-corrected chi connectivity index (χ1v) is 13.8. The first-order chi connectivity index (χ1) is 17.1. The van der Waals surface area contributed by atoms with Crippen molar-refractivity contribution in [1.82, 2.24) is 14.2 Å². The monoisotopic (exact) mass is 492 g/mol. The molecule has 0 atom stereocenters. The number of amides is 1.